The summed E-state index contributed by atoms with van der Waals surface area (Å²) in [6.07, 6.45) is 4.68. The van der Waals surface area contributed by atoms with Crippen molar-refractivity contribution < 1.29 is 14.4 Å². The van der Waals surface area contributed by atoms with Crippen LogP contribution in [0.1, 0.15) is 35.7 Å². The van der Waals surface area contributed by atoms with Crippen LogP contribution in [0.5, 0.6) is 0 Å². The molecule has 28 heavy (non-hydrogen) atoms. The molecule has 0 radical (unpaired) electrons. The minimum Gasteiger partial charge on any atom is -0.339 e. The zero-order valence-corrected chi connectivity index (χ0v) is 15.9. The van der Waals surface area contributed by atoms with E-state index in [9.17, 15) is 14.4 Å². The molecule has 3 rings (SSSR count). The van der Waals surface area contributed by atoms with Crippen molar-refractivity contribution in [3.63, 3.8) is 0 Å². The molecule has 0 aromatic heterocycles. The Kier molecular flexibility index (Phi) is 6.37. The molecule has 144 valence electrons. The molecular weight excluding hydrogens is 352 g/mol. The fourth-order valence-corrected chi connectivity index (χ4v) is 3.23. The Bertz CT molecular complexity index is 864. The van der Waals surface area contributed by atoms with E-state index in [2.05, 4.69) is 5.32 Å². The molecule has 0 aliphatic carbocycles. The number of likely N-dealkylation sites (tertiary alicyclic amines) is 1. The largest absolute Gasteiger partial charge is 0.339 e. The number of hydrogen-bond acceptors (Lipinski definition) is 3. The van der Waals surface area contributed by atoms with E-state index in [1.807, 2.05) is 36.4 Å². The van der Waals surface area contributed by atoms with Crippen LogP contribution in [0.3, 0.4) is 0 Å². The van der Waals surface area contributed by atoms with E-state index in [-0.39, 0.29) is 23.5 Å². The van der Waals surface area contributed by atoms with Crippen molar-refractivity contribution in [1.82, 2.24) is 4.90 Å². The summed E-state index contributed by atoms with van der Waals surface area (Å²) in [5.41, 5.74) is 2.29. The molecular formula is C23H24N2O3. The van der Waals surface area contributed by atoms with E-state index in [1.165, 1.54) is 6.92 Å². The van der Waals surface area contributed by atoms with Crippen LogP contribution in [0.2, 0.25) is 0 Å². The topological polar surface area (TPSA) is 66.5 Å². The predicted octanol–water partition coefficient (Wildman–Crippen LogP) is 3.78. The first-order valence-corrected chi connectivity index (χ1v) is 9.47. The predicted molar refractivity (Wildman–Crippen MR) is 110 cm³/mol. The first kappa shape index (κ1) is 19.5. The monoisotopic (exact) mass is 376 g/mol. The number of carbonyl (C=O) groups excluding carboxylic acids is 3. The van der Waals surface area contributed by atoms with Crippen LogP contribution in [0.4, 0.5) is 5.69 Å². The minimum atomic E-state index is -0.116. The number of hydrogen-bond donors (Lipinski definition) is 1. The second-order valence-electron chi connectivity index (χ2n) is 6.97. The average Bonchev–Trinajstić information content (AvgIpc) is 2.73. The summed E-state index contributed by atoms with van der Waals surface area (Å²) in [6, 6.07) is 16.6. The van der Waals surface area contributed by atoms with E-state index >= 15 is 0 Å². The van der Waals surface area contributed by atoms with E-state index in [0.29, 0.717) is 37.2 Å². The average molecular weight is 376 g/mol. The highest BCUT2D eigenvalue weighted by Gasteiger charge is 2.26. The van der Waals surface area contributed by atoms with Crippen molar-refractivity contribution in [2.75, 3.05) is 18.4 Å². The summed E-state index contributed by atoms with van der Waals surface area (Å²) in [6.45, 7) is 2.65. The molecule has 0 bridgehead atoms. The van der Waals surface area contributed by atoms with Gasteiger partial charge in [0.2, 0.25) is 11.8 Å². The third-order valence-electron chi connectivity index (χ3n) is 4.95. The zero-order valence-electron chi connectivity index (χ0n) is 15.9. The van der Waals surface area contributed by atoms with Crippen molar-refractivity contribution in [1.29, 1.82) is 0 Å². The number of amides is 2. The molecule has 5 heteroatoms. The van der Waals surface area contributed by atoms with Crippen LogP contribution < -0.4 is 5.32 Å². The molecule has 1 saturated heterocycles. The lowest BCUT2D eigenvalue weighted by molar-refractivity contribution is -0.130. The standard InChI is InChI=1S/C23H24N2O3/c1-17(26)19-8-10-21(11-9-19)24-23(28)20-13-15-25(16-14-20)22(27)12-7-18-5-3-2-4-6-18/h2-12,20H,13-16H2,1H3,(H,24,28)/b12-7+. The van der Waals surface area contributed by atoms with Gasteiger partial charge in [-0.3, -0.25) is 14.4 Å². The molecule has 1 fully saturated rings. The number of ketones is 1. The third kappa shape index (κ3) is 5.16. The van der Waals surface area contributed by atoms with Gasteiger partial charge in [0.15, 0.2) is 5.78 Å². The van der Waals surface area contributed by atoms with E-state index in [4.69, 9.17) is 0 Å². The number of nitrogens with one attached hydrogen (secondary N) is 1. The van der Waals surface area contributed by atoms with Gasteiger partial charge in [-0.1, -0.05) is 30.3 Å². The molecule has 0 spiro atoms. The fourth-order valence-electron chi connectivity index (χ4n) is 3.23. The molecule has 2 amide bonds. The van der Waals surface area contributed by atoms with Crippen LogP contribution in [-0.4, -0.2) is 35.6 Å². The quantitative estimate of drug-likeness (QED) is 0.638. The second kappa shape index (κ2) is 9.13. The molecule has 1 heterocycles. The van der Waals surface area contributed by atoms with Gasteiger partial charge in [0.05, 0.1) is 0 Å². The van der Waals surface area contributed by atoms with E-state index in [0.717, 1.165) is 5.56 Å². The number of nitrogens with zero attached hydrogens (tertiary/aromatic N) is 1. The molecule has 1 N–H and O–H groups in total. The van der Waals surface area contributed by atoms with Crippen molar-refractivity contribution >= 4 is 29.4 Å². The Morgan fingerprint density at radius 2 is 1.61 bits per heavy atom. The lowest BCUT2D eigenvalue weighted by atomic mass is 9.95. The molecule has 2 aromatic carbocycles. The van der Waals surface area contributed by atoms with Crippen molar-refractivity contribution in [3.05, 3.63) is 71.8 Å². The molecule has 1 aliphatic rings. The Morgan fingerprint density at radius 3 is 2.21 bits per heavy atom. The van der Waals surface area contributed by atoms with Crippen LogP contribution in [0.15, 0.2) is 60.7 Å². The lowest BCUT2D eigenvalue weighted by Gasteiger charge is -2.30. The minimum absolute atomic E-state index is 0.00349. The molecule has 2 aromatic rings. The summed E-state index contributed by atoms with van der Waals surface area (Å²) in [5, 5.41) is 2.90. The van der Waals surface area contributed by atoms with Gasteiger partial charge in [-0.25, -0.2) is 0 Å². The van der Waals surface area contributed by atoms with Gasteiger partial charge in [0.25, 0.3) is 0 Å². The van der Waals surface area contributed by atoms with Gasteiger partial charge in [0, 0.05) is 36.3 Å². The molecule has 1 aliphatic heterocycles. The number of Topliss-reactive ketones (excluding diaryl/α,β-unsaturated/α-hetero) is 1. The molecule has 0 unspecified atom stereocenters. The normalized spacial score (nSPS) is 14.8. The summed E-state index contributed by atoms with van der Waals surface area (Å²) in [7, 11) is 0. The Morgan fingerprint density at radius 1 is 0.964 bits per heavy atom. The number of anilines is 1. The summed E-state index contributed by atoms with van der Waals surface area (Å²) in [4.78, 5) is 37.9. The molecule has 0 atom stereocenters. The van der Waals surface area contributed by atoms with Gasteiger partial charge >= 0.3 is 0 Å². The first-order valence-electron chi connectivity index (χ1n) is 9.47. The highest BCUT2D eigenvalue weighted by Crippen LogP contribution is 2.20. The first-order chi connectivity index (χ1) is 13.5. The van der Waals surface area contributed by atoms with Crippen molar-refractivity contribution in [2.24, 2.45) is 5.92 Å². The zero-order chi connectivity index (χ0) is 19.9. The van der Waals surface area contributed by atoms with Gasteiger partial charge in [-0.15, -0.1) is 0 Å². The molecule has 0 saturated carbocycles. The maximum atomic E-state index is 12.5. The summed E-state index contributed by atoms with van der Waals surface area (Å²) in [5.74, 6) is -0.184. The van der Waals surface area contributed by atoms with Gasteiger partial charge in [-0.05, 0) is 55.7 Å². The van der Waals surface area contributed by atoms with Crippen molar-refractivity contribution in [3.8, 4) is 0 Å². The highest BCUT2D eigenvalue weighted by molar-refractivity contribution is 5.96. The third-order valence-corrected chi connectivity index (χ3v) is 4.95. The SMILES string of the molecule is CC(=O)c1ccc(NC(=O)C2CCN(C(=O)/C=C/c3ccccc3)CC2)cc1. The number of piperidine rings is 1. The van der Waals surface area contributed by atoms with Crippen LogP contribution in [0, 0.1) is 5.92 Å². The molecule has 5 nitrogen and oxygen atoms in total. The Balaban J connectivity index is 1.49. The summed E-state index contributed by atoms with van der Waals surface area (Å²) < 4.78 is 0. The maximum absolute atomic E-state index is 12.5. The van der Waals surface area contributed by atoms with Crippen LogP contribution in [-0.2, 0) is 9.59 Å². The lowest BCUT2D eigenvalue weighted by Crippen LogP contribution is -2.40. The Hall–Kier alpha value is -3.21. The van der Waals surface area contributed by atoms with Crippen LogP contribution in [0.25, 0.3) is 6.08 Å². The highest BCUT2D eigenvalue weighted by atomic mass is 16.2. The number of carbonyl (C=O) groups is 3. The maximum Gasteiger partial charge on any atom is 0.246 e. The van der Waals surface area contributed by atoms with Crippen molar-refractivity contribution in [2.45, 2.75) is 19.8 Å². The smallest absolute Gasteiger partial charge is 0.246 e. The van der Waals surface area contributed by atoms with E-state index < -0.39 is 0 Å². The second-order valence-corrected chi connectivity index (χ2v) is 6.97. The van der Waals surface area contributed by atoms with Gasteiger partial charge in [0.1, 0.15) is 0 Å². The summed E-state index contributed by atoms with van der Waals surface area (Å²) >= 11 is 0. The Labute approximate surface area is 165 Å². The number of rotatable bonds is 5. The van der Waals surface area contributed by atoms with Gasteiger partial charge < -0.3 is 10.2 Å². The van der Waals surface area contributed by atoms with Crippen LogP contribution >= 0.6 is 0 Å². The fraction of sp³-hybridized carbons (Fsp3) is 0.261. The van der Waals surface area contributed by atoms with E-state index in [1.54, 1.807) is 35.2 Å². The number of benzene rings is 2. The van der Waals surface area contributed by atoms with Gasteiger partial charge in [-0.2, -0.15) is 0 Å².